The van der Waals surface area contributed by atoms with Gasteiger partial charge < -0.3 is 9.47 Å². The molecule has 1 aromatic carbocycles. The lowest BCUT2D eigenvalue weighted by atomic mass is 10.1. The number of halogens is 2. The summed E-state index contributed by atoms with van der Waals surface area (Å²) in [5, 5.41) is 11.2. The van der Waals surface area contributed by atoms with Gasteiger partial charge in [-0.15, -0.1) is 21.5 Å². The van der Waals surface area contributed by atoms with Gasteiger partial charge in [-0.25, -0.2) is 0 Å². The van der Waals surface area contributed by atoms with E-state index in [1.165, 1.54) is 17.8 Å². The number of ether oxygens (including phenoxy) is 2. The van der Waals surface area contributed by atoms with Crippen LogP contribution in [-0.4, -0.2) is 45.6 Å². The summed E-state index contributed by atoms with van der Waals surface area (Å²) in [5.74, 6) is 0.328. The largest absolute Gasteiger partial charge is 0.434 e. The molecule has 6 nitrogen and oxygen atoms in total. The lowest BCUT2D eigenvalue weighted by molar-refractivity contribution is -0.0501. The number of hydrogen-bond donors (Lipinski definition) is 0. The van der Waals surface area contributed by atoms with Crippen LogP contribution in [0, 0.1) is 6.92 Å². The van der Waals surface area contributed by atoms with E-state index in [0.717, 1.165) is 35.7 Å². The minimum Gasteiger partial charge on any atom is -0.434 e. The van der Waals surface area contributed by atoms with Gasteiger partial charge in [0.1, 0.15) is 5.75 Å². The van der Waals surface area contributed by atoms with Crippen LogP contribution in [0.3, 0.4) is 0 Å². The van der Waals surface area contributed by atoms with E-state index in [9.17, 15) is 13.6 Å². The van der Waals surface area contributed by atoms with Gasteiger partial charge in [-0.1, -0.05) is 29.5 Å². The summed E-state index contributed by atoms with van der Waals surface area (Å²) >= 11 is 2.79. The van der Waals surface area contributed by atoms with E-state index in [0.29, 0.717) is 11.7 Å². The van der Waals surface area contributed by atoms with Crippen molar-refractivity contribution in [1.82, 2.24) is 14.8 Å². The molecule has 31 heavy (non-hydrogen) atoms. The van der Waals surface area contributed by atoms with E-state index in [2.05, 4.69) is 14.9 Å². The molecule has 0 saturated carbocycles. The first kappa shape index (κ1) is 21.9. The van der Waals surface area contributed by atoms with E-state index in [4.69, 9.17) is 4.74 Å². The Morgan fingerprint density at radius 1 is 1.39 bits per heavy atom. The van der Waals surface area contributed by atoms with Crippen LogP contribution in [0.4, 0.5) is 8.78 Å². The van der Waals surface area contributed by atoms with Crippen molar-refractivity contribution in [2.45, 2.75) is 44.2 Å². The van der Waals surface area contributed by atoms with E-state index < -0.39 is 6.61 Å². The molecule has 164 valence electrons. The fraction of sp³-hybridized carbons (Fsp3) is 0.381. The highest BCUT2D eigenvalue weighted by molar-refractivity contribution is 7.99. The molecule has 0 N–H and O–H groups in total. The quantitative estimate of drug-likeness (QED) is 0.325. The second-order valence-electron chi connectivity index (χ2n) is 7.12. The summed E-state index contributed by atoms with van der Waals surface area (Å²) < 4.78 is 37.7. The molecule has 0 bridgehead atoms. The highest BCUT2D eigenvalue weighted by atomic mass is 32.2. The number of thiophene rings is 1. The Labute approximate surface area is 186 Å². The summed E-state index contributed by atoms with van der Waals surface area (Å²) in [4.78, 5) is 13.8. The number of thioether (sulfide) groups is 1. The van der Waals surface area contributed by atoms with Crippen LogP contribution in [0.25, 0.3) is 10.7 Å². The highest BCUT2D eigenvalue weighted by Crippen LogP contribution is 2.30. The van der Waals surface area contributed by atoms with Crippen molar-refractivity contribution in [3.8, 4) is 16.5 Å². The van der Waals surface area contributed by atoms with Crippen LogP contribution in [0.15, 0.2) is 40.9 Å². The van der Waals surface area contributed by atoms with Crippen molar-refractivity contribution in [2.75, 3.05) is 12.4 Å². The number of rotatable bonds is 9. The van der Waals surface area contributed by atoms with Crippen molar-refractivity contribution >= 4 is 28.9 Å². The molecule has 10 heteroatoms. The molecule has 0 aliphatic carbocycles. The Morgan fingerprint density at radius 3 is 2.97 bits per heavy atom. The van der Waals surface area contributed by atoms with Crippen molar-refractivity contribution in [2.24, 2.45) is 0 Å². The summed E-state index contributed by atoms with van der Waals surface area (Å²) in [5.41, 5.74) is 0.924. The zero-order valence-electron chi connectivity index (χ0n) is 16.8. The third-order valence-electron chi connectivity index (χ3n) is 4.85. The first-order chi connectivity index (χ1) is 15.0. The zero-order valence-corrected chi connectivity index (χ0v) is 18.4. The number of carbonyl (C=O) groups excluding carboxylic acids is 1. The van der Waals surface area contributed by atoms with Crippen LogP contribution >= 0.6 is 23.1 Å². The van der Waals surface area contributed by atoms with Gasteiger partial charge in [0.25, 0.3) is 0 Å². The van der Waals surface area contributed by atoms with Crippen LogP contribution in [0.5, 0.6) is 5.75 Å². The first-order valence-corrected chi connectivity index (χ1v) is 11.7. The molecule has 1 fully saturated rings. The number of aryl methyl sites for hydroxylation is 1. The predicted molar refractivity (Wildman–Crippen MR) is 115 cm³/mol. The van der Waals surface area contributed by atoms with Gasteiger partial charge in [-0.2, -0.15) is 8.78 Å². The molecule has 1 aliphatic rings. The number of nitrogens with zero attached hydrogens (tertiary/aromatic N) is 3. The van der Waals surface area contributed by atoms with Gasteiger partial charge in [0, 0.05) is 6.61 Å². The minimum absolute atomic E-state index is 0.0249. The van der Waals surface area contributed by atoms with Gasteiger partial charge in [0.05, 0.1) is 28.8 Å². The van der Waals surface area contributed by atoms with Gasteiger partial charge in [0.15, 0.2) is 16.8 Å². The maximum Gasteiger partial charge on any atom is 0.387 e. The Balaban J connectivity index is 1.54. The van der Waals surface area contributed by atoms with E-state index in [1.807, 2.05) is 22.1 Å². The highest BCUT2D eigenvalue weighted by Gasteiger charge is 2.23. The number of alkyl halides is 2. The van der Waals surface area contributed by atoms with E-state index >= 15 is 0 Å². The van der Waals surface area contributed by atoms with Crippen LogP contribution in [0.2, 0.25) is 0 Å². The minimum atomic E-state index is -3.00. The van der Waals surface area contributed by atoms with E-state index in [1.54, 1.807) is 30.4 Å². The van der Waals surface area contributed by atoms with Crippen molar-refractivity contribution in [3.05, 3.63) is 46.8 Å². The number of carbonyl (C=O) groups is 1. The second-order valence-corrected chi connectivity index (χ2v) is 9.01. The Hall–Kier alpha value is -2.30. The molecule has 1 unspecified atom stereocenters. The second kappa shape index (κ2) is 9.88. The molecular weight excluding hydrogens is 444 g/mol. The maximum absolute atomic E-state index is 12.8. The number of hydrogen-bond acceptors (Lipinski definition) is 7. The lowest BCUT2D eigenvalue weighted by Crippen LogP contribution is -2.17. The smallest absolute Gasteiger partial charge is 0.387 e. The third-order valence-corrected chi connectivity index (χ3v) is 6.69. The molecule has 3 aromatic rings. The standard InChI is InChI=1S/C21H21F2N3O3S2/c1-13-6-7-17(29-20(22)23)15(10-13)16(27)12-31-21-25-24-19(18-5-3-9-30-18)26(21)11-14-4-2-8-28-14/h3,5-7,9-10,14,20H,2,4,8,11-12H2,1H3. The Bertz CT molecular complexity index is 1030. The van der Waals surface area contributed by atoms with Crippen LogP contribution in [0.1, 0.15) is 28.8 Å². The topological polar surface area (TPSA) is 66.2 Å². The first-order valence-electron chi connectivity index (χ1n) is 9.81. The van der Waals surface area contributed by atoms with Crippen LogP contribution in [-0.2, 0) is 11.3 Å². The predicted octanol–water partition coefficient (Wildman–Crippen LogP) is 5.07. The van der Waals surface area contributed by atoms with Gasteiger partial charge in [-0.3, -0.25) is 9.36 Å². The Morgan fingerprint density at radius 2 is 2.26 bits per heavy atom. The number of ketones is 1. The molecule has 1 aliphatic heterocycles. The van der Waals surface area contributed by atoms with Crippen molar-refractivity contribution < 1.29 is 23.0 Å². The lowest BCUT2D eigenvalue weighted by Gasteiger charge is -2.14. The number of aromatic nitrogens is 3. The molecule has 0 radical (unpaired) electrons. The molecule has 4 rings (SSSR count). The molecule has 3 heterocycles. The van der Waals surface area contributed by atoms with Crippen molar-refractivity contribution in [1.29, 1.82) is 0 Å². The number of Topliss-reactive ketones (excluding diaryl/α,β-unsaturated/α-hetero) is 1. The molecule has 0 spiro atoms. The summed E-state index contributed by atoms with van der Waals surface area (Å²) in [6.07, 6.45) is 2.05. The summed E-state index contributed by atoms with van der Waals surface area (Å²) in [6, 6.07) is 8.51. The Kier molecular flexibility index (Phi) is 6.99. The monoisotopic (exact) mass is 465 g/mol. The zero-order chi connectivity index (χ0) is 21.8. The molecular formula is C21H21F2N3O3S2. The van der Waals surface area contributed by atoms with Gasteiger partial charge in [0.2, 0.25) is 0 Å². The van der Waals surface area contributed by atoms with Gasteiger partial charge >= 0.3 is 6.61 Å². The average molecular weight is 466 g/mol. The molecule has 1 saturated heterocycles. The molecule has 1 atom stereocenters. The number of benzene rings is 1. The maximum atomic E-state index is 12.8. The average Bonchev–Trinajstić information content (AvgIpc) is 3.50. The van der Waals surface area contributed by atoms with Crippen LogP contribution < -0.4 is 4.74 Å². The van der Waals surface area contributed by atoms with Crippen molar-refractivity contribution in [3.63, 3.8) is 0 Å². The molecule has 2 aromatic heterocycles. The van der Waals surface area contributed by atoms with Gasteiger partial charge in [-0.05, 0) is 43.3 Å². The third kappa shape index (κ3) is 5.31. The summed E-state index contributed by atoms with van der Waals surface area (Å²) in [7, 11) is 0. The van der Waals surface area contributed by atoms with E-state index in [-0.39, 0.29) is 29.0 Å². The SMILES string of the molecule is Cc1ccc(OC(F)F)c(C(=O)CSc2nnc(-c3cccs3)n2CC2CCCO2)c1. The molecule has 0 amide bonds. The fourth-order valence-electron chi connectivity index (χ4n) is 3.41. The normalized spacial score (nSPS) is 16.2. The summed E-state index contributed by atoms with van der Waals surface area (Å²) in [6.45, 7) is 0.134. The fourth-order valence-corrected chi connectivity index (χ4v) is 4.96.